The highest BCUT2D eigenvalue weighted by molar-refractivity contribution is 9.10. The SMILES string of the molecule is COCC(N)C(=O)NC1(c2cccc(Br)c2)CCCCC1.Cl. The molecule has 3 N–H and O–H groups in total. The Balaban J connectivity index is 0.00000242. The molecule has 6 heteroatoms. The molecule has 4 nitrogen and oxygen atoms in total. The summed E-state index contributed by atoms with van der Waals surface area (Å²) in [5, 5.41) is 3.20. The molecule has 0 spiro atoms. The largest absolute Gasteiger partial charge is 0.383 e. The van der Waals surface area contributed by atoms with Crippen LogP contribution in [0, 0.1) is 0 Å². The molecular weight excluding hydrogens is 368 g/mol. The van der Waals surface area contributed by atoms with Gasteiger partial charge in [-0.05, 0) is 30.5 Å². The van der Waals surface area contributed by atoms with Gasteiger partial charge in [0.15, 0.2) is 0 Å². The van der Waals surface area contributed by atoms with Gasteiger partial charge in [0.2, 0.25) is 5.91 Å². The van der Waals surface area contributed by atoms with Crippen molar-refractivity contribution in [2.45, 2.75) is 43.7 Å². The zero-order chi connectivity index (χ0) is 15.3. The van der Waals surface area contributed by atoms with E-state index in [1.165, 1.54) is 6.42 Å². The van der Waals surface area contributed by atoms with Gasteiger partial charge in [0, 0.05) is 11.6 Å². The molecule has 124 valence electrons. The predicted octanol–water partition coefficient (Wildman–Crippen LogP) is 3.12. The van der Waals surface area contributed by atoms with E-state index in [2.05, 4.69) is 33.4 Å². The number of nitrogens with one attached hydrogen (secondary N) is 1. The highest BCUT2D eigenvalue weighted by Gasteiger charge is 2.36. The van der Waals surface area contributed by atoms with Gasteiger partial charge in [-0.15, -0.1) is 12.4 Å². The fraction of sp³-hybridized carbons (Fsp3) is 0.562. The first-order chi connectivity index (χ1) is 10.1. The molecule has 2 rings (SSSR count). The molecule has 1 amide bonds. The van der Waals surface area contributed by atoms with Crippen LogP contribution in [0.2, 0.25) is 0 Å². The van der Waals surface area contributed by atoms with Crippen molar-refractivity contribution in [2.75, 3.05) is 13.7 Å². The molecule has 1 aromatic carbocycles. The van der Waals surface area contributed by atoms with Crippen LogP contribution < -0.4 is 11.1 Å². The van der Waals surface area contributed by atoms with Crippen LogP contribution in [-0.4, -0.2) is 25.7 Å². The van der Waals surface area contributed by atoms with Crippen molar-refractivity contribution in [1.29, 1.82) is 0 Å². The summed E-state index contributed by atoms with van der Waals surface area (Å²) in [4.78, 5) is 12.3. The Morgan fingerprint density at radius 1 is 1.41 bits per heavy atom. The molecular formula is C16H24BrClN2O2. The molecule has 0 aromatic heterocycles. The lowest BCUT2D eigenvalue weighted by atomic mass is 9.76. The molecule has 1 unspecified atom stereocenters. The molecule has 0 heterocycles. The number of methoxy groups -OCH3 is 1. The van der Waals surface area contributed by atoms with Gasteiger partial charge in [-0.1, -0.05) is 47.3 Å². The Kier molecular flexibility index (Phi) is 7.83. The molecule has 1 saturated carbocycles. The molecule has 1 fully saturated rings. The average Bonchev–Trinajstić information content (AvgIpc) is 2.48. The number of carbonyl (C=O) groups excluding carboxylic acids is 1. The first-order valence-electron chi connectivity index (χ1n) is 7.40. The molecule has 1 aromatic rings. The van der Waals surface area contributed by atoms with Gasteiger partial charge < -0.3 is 15.8 Å². The summed E-state index contributed by atoms with van der Waals surface area (Å²) in [6.07, 6.45) is 5.36. The molecule has 0 bridgehead atoms. The molecule has 1 aliphatic rings. The van der Waals surface area contributed by atoms with Gasteiger partial charge in [0.25, 0.3) is 0 Å². The van der Waals surface area contributed by atoms with Crippen LogP contribution in [-0.2, 0) is 15.1 Å². The second-order valence-electron chi connectivity index (χ2n) is 5.70. The van der Waals surface area contributed by atoms with Crippen molar-refractivity contribution >= 4 is 34.2 Å². The number of hydrogen-bond donors (Lipinski definition) is 2. The van der Waals surface area contributed by atoms with Crippen molar-refractivity contribution < 1.29 is 9.53 Å². The number of amides is 1. The normalized spacial score (nSPS) is 18.1. The Hall–Kier alpha value is -0.620. The fourth-order valence-corrected chi connectivity index (χ4v) is 3.41. The van der Waals surface area contributed by atoms with Crippen LogP contribution in [0.4, 0.5) is 0 Å². The molecule has 0 radical (unpaired) electrons. The minimum atomic E-state index is -0.624. The van der Waals surface area contributed by atoms with Crippen LogP contribution >= 0.6 is 28.3 Å². The molecule has 1 atom stereocenters. The molecule has 1 aliphatic carbocycles. The molecule has 0 aliphatic heterocycles. The van der Waals surface area contributed by atoms with Crippen LogP contribution in [0.5, 0.6) is 0 Å². The summed E-state index contributed by atoms with van der Waals surface area (Å²) in [5.74, 6) is -0.140. The van der Waals surface area contributed by atoms with Crippen LogP contribution in [0.25, 0.3) is 0 Å². The van der Waals surface area contributed by atoms with Gasteiger partial charge in [-0.25, -0.2) is 0 Å². The fourth-order valence-electron chi connectivity index (χ4n) is 3.01. The summed E-state index contributed by atoms with van der Waals surface area (Å²) in [6.45, 7) is 0.237. The van der Waals surface area contributed by atoms with E-state index >= 15 is 0 Å². The number of benzene rings is 1. The minimum Gasteiger partial charge on any atom is -0.383 e. The average molecular weight is 392 g/mol. The highest BCUT2D eigenvalue weighted by atomic mass is 79.9. The zero-order valence-electron chi connectivity index (χ0n) is 12.8. The lowest BCUT2D eigenvalue weighted by Crippen LogP contribution is -2.53. The maximum atomic E-state index is 12.3. The lowest BCUT2D eigenvalue weighted by molar-refractivity contribution is -0.126. The summed E-state index contributed by atoms with van der Waals surface area (Å²) >= 11 is 3.52. The van der Waals surface area contributed by atoms with Crippen LogP contribution in [0.1, 0.15) is 37.7 Å². The standard InChI is InChI=1S/C16H23BrN2O2.ClH/c1-21-11-14(18)15(20)19-16(8-3-2-4-9-16)12-6-5-7-13(17)10-12;/h5-7,10,14H,2-4,8-9,11,18H2,1H3,(H,19,20);1H. The summed E-state index contributed by atoms with van der Waals surface area (Å²) in [7, 11) is 1.55. The monoisotopic (exact) mass is 390 g/mol. The van der Waals surface area contributed by atoms with Crippen LogP contribution in [0.15, 0.2) is 28.7 Å². The van der Waals surface area contributed by atoms with E-state index in [1.807, 2.05) is 12.1 Å². The molecule has 0 saturated heterocycles. The minimum absolute atomic E-state index is 0. The van der Waals surface area contributed by atoms with E-state index in [-0.39, 0.29) is 30.5 Å². The second kappa shape index (κ2) is 8.87. The third-order valence-electron chi connectivity index (χ3n) is 4.13. The van der Waals surface area contributed by atoms with E-state index in [1.54, 1.807) is 7.11 Å². The van der Waals surface area contributed by atoms with Gasteiger partial charge in [-0.3, -0.25) is 4.79 Å². The van der Waals surface area contributed by atoms with Crippen molar-refractivity contribution in [3.63, 3.8) is 0 Å². The second-order valence-corrected chi connectivity index (χ2v) is 6.62. The van der Waals surface area contributed by atoms with Crippen LogP contribution in [0.3, 0.4) is 0 Å². The topological polar surface area (TPSA) is 64.3 Å². The Bertz CT molecular complexity index is 493. The Morgan fingerprint density at radius 3 is 2.68 bits per heavy atom. The Labute approximate surface area is 146 Å². The maximum absolute atomic E-state index is 12.3. The van der Waals surface area contributed by atoms with E-state index in [0.29, 0.717) is 0 Å². The number of carbonyl (C=O) groups is 1. The van der Waals surface area contributed by atoms with E-state index in [9.17, 15) is 4.79 Å². The third kappa shape index (κ3) is 4.69. The number of hydrogen-bond acceptors (Lipinski definition) is 3. The van der Waals surface area contributed by atoms with Crippen molar-refractivity contribution in [3.05, 3.63) is 34.3 Å². The third-order valence-corrected chi connectivity index (χ3v) is 4.62. The van der Waals surface area contributed by atoms with Crippen molar-refractivity contribution in [2.24, 2.45) is 5.73 Å². The summed E-state index contributed by atoms with van der Waals surface area (Å²) in [5.41, 5.74) is 6.71. The van der Waals surface area contributed by atoms with E-state index < -0.39 is 6.04 Å². The number of rotatable bonds is 5. The highest BCUT2D eigenvalue weighted by Crippen LogP contribution is 2.38. The number of nitrogens with two attached hydrogens (primary N) is 1. The predicted molar refractivity (Wildman–Crippen MR) is 94.1 cm³/mol. The summed E-state index contributed by atoms with van der Waals surface area (Å²) < 4.78 is 6.01. The smallest absolute Gasteiger partial charge is 0.239 e. The number of ether oxygens (including phenoxy) is 1. The quantitative estimate of drug-likeness (QED) is 0.810. The van der Waals surface area contributed by atoms with Gasteiger partial charge in [0.05, 0.1) is 12.1 Å². The molecule has 22 heavy (non-hydrogen) atoms. The maximum Gasteiger partial charge on any atom is 0.239 e. The Morgan fingerprint density at radius 2 is 2.09 bits per heavy atom. The van der Waals surface area contributed by atoms with Gasteiger partial charge >= 0.3 is 0 Å². The zero-order valence-corrected chi connectivity index (χ0v) is 15.2. The number of halogens is 2. The van der Waals surface area contributed by atoms with E-state index in [0.717, 1.165) is 35.7 Å². The lowest BCUT2D eigenvalue weighted by Gasteiger charge is -2.39. The first-order valence-corrected chi connectivity index (χ1v) is 8.19. The summed E-state index contributed by atoms with van der Waals surface area (Å²) in [6, 6.07) is 7.56. The van der Waals surface area contributed by atoms with Crippen molar-refractivity contribution in [3.8, 4) is 0 Å². The van der Waals surface area contributed by atoms with Gasteiger partial charge in [0.1, 0.15) is 6.04 Å². The van der Waals surface area contributed by atoms with Gasteiger partial charge in [-0.2, -0.15) is 0 Å². The van der Waals surface area contributed by atoms with E-state index in [4.69, 9.17) is 10.5 Å². The van der Waals surface area contributed by atoms with Crippen molar-refractivity contribution in [1.82, 2.24) is 5.32 Å². The first kappa shape index (κ1) is 19.4.